The van der Waals surface area contributed by atoms with E-state index in [1.54, 1.807) is 32.2 Å². The van der Waals surface area contributed by atoms with E-state index in [2.05, 4.69) is 11.0 Å². The zero-order valence-corrected chi connectivity index (χ0v) is 14.8. The van der Waals surface area contributed by atoms with Crippen LogP contribution in [0.15, 0.2) is 46.0 Å². The molecular formula is C18H22N2O3S. The Kier molecular flexibility index (Phi) is 5.69. The molecule has 24 heavy (non-hydrogen) atoms. The number of amidine groups is 1. The highest BCUT2D eigenvalue weighted by Gasteiger charge is 2.19. The molecule has 5 nitrogen and oxygen atoms in total. The molecule has 0 N–H and O–H groups in total. The minimum absolute atomic E-state index is 0.680. The molecule has 0 bridgehead atoms. The zero-order chi connectivity index (χ0) is 16.8. The van der Waals surface area contributed by atoms with Crippen LogP contribution in [-0.2, 0) is 13.1 Å². The molecule has 0 saturated heterocycles. The summed E-state index contributed by atoms with van der Waals surface area (Å²) in [7, 11) is 3.33. The number of rotatable bonds is 6. The van der Waals surface area contributed by atoms with E-state index < -0.39 is 0 Å². The van der Waals surface area contributed by atoms with Crippen LogP contribution in [0.25, 0.3) is 0 Å². The van der Waals surface area contributed by atoms with Gasteiger partial charge in [0.15, 0.2) is 16.7 Å². The molecule has 0 spiro atoms. The van der Waals surface area contributed by atoms with Gasteiger partial charge < -0.3 is 18.8 Å². The number of hydrogen-bond acceptors (Lipinski definition) is 6. The maximum absolute atomic E-state index is 5.57. The average Bonchev–Trinajstić information content (AvgIpc) is 3.14. The van der Waals surface area contributed by atoms with Crippen molar-refractivity contribution in [3.8, 4) is 11.5 Å². The smallest absolute Gasteiger partial charge is 0.165 e. The summed E-state index contributed by atoms with van der Waals surface area (Å²) < 4.78 is 16.5. The van der Waals surface area contributed by atoms with Crippen LogP contribution < -0.4 is 9.47 Å². The lowest BCUT2D eigenvalue weighted by atomic mass is 10.1. The number of nitrogens with zero attached hydrogens (tertiary/aromatic N) is 2. The molecule has 1 aromatic carbocycles. The Morgan fingerprint density at radius 2 is 2.08 bits per heavy atom. The fourth-order valence-electron chi connectivity index (χ4n) is 2.71. The Labute approximate surface area is 146 Å². The molecule has 0 saturated carbocycles. The first-order valence-electron chi connectivity index (χ1n) is 7.96. The Bertz CT molecular complexity index is 686. The van der Waals surface area contributed by atoms with Crippen molar-refractivity contribution in [2.24, 2.45) is 4.99 Å². The van der Waals surface area contributed by atoms with Crippen LogP contribution in [0.1, 0.15) is 17.7 Å². The lowest BCUT2D eigenvalue weighted by Crippen LogP contribution is -2.30. The van der Waals surface area contributed by atoms with Crippen molar-refractivity contribution in [3.63, 3.8) is 0 Å². The molecule has 2 heterocycles. The summed E-state index contributed by atoms with van der Waals surface area (Å²) in [5.74, 6) is 3.53. The van der Waals surface area contributed by atoms with Crippen LogP contribution in [0.5, 0.6) is 11.5 Å². The van der Waals surface area contributed by atoms with Crippen molar-refractivity contribution in [2.45, 2.75) is 19.5 Å². The van der Waals surface area contributed by atoms with E-state index in [1.807, 2.05) is 24.3 Å². The summed E-state index contributed by atoms with van der Waals surface area (Å²) in [5.41, 5.74) is 1.07. The number of furan rings is 1. The normalized spacial score (nSPS) is 14.2. The summed E-state index contributed by atoms with van der Waals surface area (Å²) in [5, 5.41) is 1.06. The van der Waals surface area contributed by atoms with Crippen LogP contribution in [0.2, 0.25) is 0 Å². The van der Waals surface area contributed by atoms with Crippen molar-refractivity contribution >= 4 is 16.9 Å². The van der Waals surface area contributed by atoms with Crippen LogP contribution in [-0.4, -0.2) is 36.6 Å². The second kappa shape index (κ2) is 8.15. The lowest BCUT2D eigenvalue weighted by Gasteiger charge is -2.27. The molecule has 0 fully saturated rings. The molecular weight excluding hydrogens is 324 g/mol. The molecule has 0 unspecified atom stereocenters. The van der Waals surface area contributed by atoms with E-state index in [0.717, 1.165) is 46.7 Å². The minimum atomic E-state index is 0.680. The molecule has 6 heteroatoms. The molecule has 0 amide bonds. The van der Waals surface area contributed by atoms with Gasteiger partial charge >= 0.3 is 0 Å². The van der Waals surface area contributed by atoms with Gasteiger partial charge in [0.05, 0.1) is 27.0 Å². The summed E-state index contributed by atoms with van der Waals surface area (Å²) >= 11 is 1.80. The quantitative estimate of drug-likeness (QED) is 0.796. The number of methoxy groups -OCH3 is 2. The largest absolute Gasteiger partial charge is 0.493 e. The van der Waals surface area contributed by atoms with E-state index in [4.69, 9.17) is 18.9 Å². The van der Waals surface area contributed by atoms with Crippen molar-refractivity contribution in [1.82, 2.24) is 4.90 Å². The third-order valence-electron chi connectivity index (χ3n) is 3.82. The van der Waals surface area contributed by atoms with Gasteiger partial charge in [0.1, 0.15) is 5.76 Å². The lowest BCUT2D eigenvalue weighted by molar-refractivity contribution is 0.331. The van der Waals surface area contributed by atoms with Gasteiger partial charge in [-0.15, -0.1) is 0 Å². The summed E-state index contributed by atoms with van der Waals surface area (Å²) in [4.78, 5) is 6.93. The van der Waals surface area contributed by atoms with Gasteiger partial charge in [-0.25, -0.2) is 0 Å². The molecule has 0 aliphatic carbocycles. The molecule has 2 aromatic rings. The first kappa shape index (κ1) is 16.8. The fraction of sp³-hybridized carbons (Fsp3) is 0.389. The number of hydrogen-bond donors (Lipinski definition) is 0. The Hall–Kier alpha value is -2.08. The van der Waals surface area contributed by atoms with E-state index in [1.165, 1.54) is 0 Å². The predicted octanol–water partition coefficient (Wildman–Crippen LogP) is 3.79. The third kappa shape index (κ3) is 3.87. The first-order chi connectivity index (χ1) is 11.8. The molecule has 1 aliphatic heterocycles. The van der Waals surface area contributed by atoms with Gasteiger partial charge in [-0.3, -0.25) is 4.99 Å². The predicted molar refractivity (Wildman–Crippen MR) is 96.9 cm³/mol. The SMILES string of the molecule is COc1cccc(CN(Cc2ccco2)C2=NCCCS2)c1OC. The van der Waals surface area contributed by atoms with Crippen molar-refractivity contribution in [3.05, 3.63) is 47.9 Å². The Morgan fingerprint density at radius 1 is 1.17 bits per heavy atom. The maximum atomic E-state index is 5.57. The van der Waals surface area contributed by atoms with Crippen molar-refractivity contribution < 1.29 is 13.9 Å². The molecule has 0 atom stereocenters. The summed E-state index contributed by atoms with van der Waals surface area (Å²) in [6.45, 7) is 2.25. The van der Waals surface area contributed by atoms with Crippen LogP contribution in [0, 0.1) is 0 Å². The topological polar surface area (TPSA) is 47.2 Å². The number of aliphatic imine (C=N–C) groups is 1. The highest BCUT2D eigenvalue weighted by atomic mass is 32.2. The number of benzene rings is 1. The van der Waals surface area contributed by atoms with Crippen molar-refractivity contribution in [2.75, 3.05) is 26.5 Å². The van der Waals surface area contributed by atoms with Crippen LogP contribution in [0.3, 0.4) is 0 Å². The van der Waals surface area contributed by atoms with Gasteiger partial charge in [0.2, 0.25) is 0 Å². The fourth-order valence-corrected chi connectivity index (χ4v) is 3.66. The van der Waals surface area contributed by atoms with E-state index in [9.17, 15) is 0 Å². The van der Waals surface area contributed by atoms with Gasteiger partial charge in [0.25, 0.3) is 0 Å². The van der Waals surface area contributed by atoms with Crippen LogP contribution >= 0.6 is 11.8 Å². The standard InChI is InChI=1S/C18H22N2O3S/c1-21-16-8-3-6-14(17(16)22-2)12-20(13-15-7-4-10-23-15)18-19-9-5-11-24-18/h3-4,6-8,10H,5,9,11-13H2,1-2H3. The van der Waals surface area contributed by atoms with Crippen molar-refractivity contribution in [1.29, 1.82) is 0 Å². The van der Waals surface area contributed by atoms with Crippen LogP contribution in [0.4, 0.5) is 0 Å². The summed E-state index contributed by atoms with van der Waals surface area (Å²) in [6, 6.07) is 9.85. The Balaban J connectivity index is 1.87. The zero-order valence-electron chi connectivity index (χ0n) is 14.0. The monoisotopic (exact) mass is 346 g/mol. The van der Waals surface area contributed by atoms with E-state index in [-0.39, 0.29) is 0 Å². The second-order valence-electron chi connectivity index (χ2n) is 5.45. The third-order valence-corrected chi connectivity index (χ3v) is 4.96. The van der Waals surface area contributed by atoms with Gasteiger partial charge in [-0.2, -0.15) is 0 Å². The molecule has 0 radical (unpaired) electrons. The second-order valence-corrected chi connectivity index (χ2v) is 6.52. The summed E-state index contributed by atoms with van der Waals surface area (Å²) in [6.07, 6.45) is 2.83. The molecule has 128 valence electrons. The highest BCUT2D eigenvalue weighted by molar-refractivity contribution is 8.13. The van der Waals surface area contributed by atoms with Gasteiger partial charge in [0, 0.05) is 24.4 Å². The van der Waals surface area contributed by atoms with E-state index >= 15 is 0 Å². The average molecular weight is 346 g/mol. The molecule has 3 rings (SSSR count). The Morgan fingerprint density at radius 3 is 2.75 bits per heavy atom. The first-order valence-corrected chi connectivity index (χ1v) is 8.95. The number of para-hydroxylation sites is 1. The minimum Gasteiger partial charge on any atom is -0.493 e. The maximum Gasteiger partial charge on any atom is 0.165 e. The molecule has 1 aliphatic rings. The van der Waals surface area contributed by atoms with E-state index in [0.29, 0.717) is 13.1 Å². The number of thioether (sulfide) groups is 1. The van der Waals surface area contributed by atoms with Gasteiger partial charge in [-0.05, 0) is 24.6 Å². The van der Waals surface area contributed by atoms with Gasteiger partial charge in [-0.1, -0.05) is 23.9 Å². The highest BCUT2D eigenvalue weighted by Crippen LogP contribution is 2.32. The number of ether oxygens (including phenoxy) is 2. The molecule has 1 aromatic heterocycles.